The first kappa shape index (κ1) is 15.8. The zero-order valence-electron chi connectivity index (χ0n) is 12.9. The summed E-state index contributed by atoms with van der Waals surface area (Å²) in [5.74, 6) is 0.875. The summed E-state index contributed by atoms with van der Waals surface area (Å²) in [5.41, 5.74) is 2.14. The molecule has 1 fully saturated rings. The normalized spacial score (nSPS) is 14.1. The molecular formula is C18H20ClN3O. The molecule has 1 amide bonds. The molecule has 4 nitrogen and oxygen atoms in total. The van der Waals surface area contributed by atoms with Crippen LogP contribution in [0.2, 0.25) is 5.02 Å². The lowest BCUT2D eigenvalue weighted by molar-refractivity contribution is -0.122. The highest BCUT2D eigenvalue weighted by Crippen LogP contribution is 2.27. The van der Waals surface area contributed by atoms with Gasteiger partial charge in [-0.05, 0) is 49.1 Å². The van der Waals surface area contributed by atoms with Crippen molar-refractivity contribution in [1.82, 2.24) is 4.98 Å². The van der Waals surface area contributed by atoms with Gasteiger partial charge in [-0.2, -0.15) is 0 Å². The van der Waals surface area contributed by atoms with Gasteiger partial charge in [0.1, 0.15) is 5.82 Å². The molecule has 0 atom stereocenters. The minimum atomic E-state index is 0.0883. The van der Waals surface area contributed by atoms with Crippen LogP contribution in [0, 0.1) is 5.92 Å². The second kappa shape index (κ2) is 7.47. The van der Waals surface area contributed by atoms with Gasteiger partial charge in [0.25, 0.3) is 0 Å². The molecule has 1 aliphatic rings. The number of pyridine rings is 1. The second-order valence-corrected chi connectivity index (χ2v) is 6.29. The third kappa shape index (κ3) is 4.45. The van der Waals surface area contributed by atoms with Crippen LogP contribution in [0.1, 0.15) is 24.8 Å². The van der Waals surface area contributed by atoms with Gasteiger partial charge in [-0.1, -0.05) is 30.2 Å². The summed E-state index contributed by atoms with van der Waals surface area (Å²) in [6.07, 6.45) is 5.78. The number of nitrogens with one attached hydrogen (secondary N) is 2. The first-order chi connectivity index (χ1) is 11.2. The lowest BCUT2D eigenvalue weighted by Crippen LogP contribution is -2.28. The number of benzene rings is 1. The summed E-state index contributed by atoms with van der Waals surface area (Å²) in [6.45, 7) is 0.801. The van der Waals surface area contributed by atoms with Crippen LogP contribution in [-0.4, -0.2) is 17.4 Å². The van der Waals surface area contributed by atoms with Crippen molar-refractivity contribution in [2.24, 2.45) is 5.92 Å². The third-order valence-electron chi connectivity index (χ3n) is 4.12. The molecule has 1 aromatic carbocycles. The SMILES string of the molecule is O=C(Nc1ccc(NCCc2cccc(Cl)c2)cn1)C1CCC1. The summed E-state index contributed by atoms with van der Waals surface area (Å²) in [5, 5.41) is 6.95. The molecule has 1 aliphatic carbocycles. The van der Waals surface area contributed by atoms with E-state index in [4.69, 9.17) is 11.6 Å². The van der Waals surface area contributed by atoms with Crippen LogP contribution < -0.4 is 10.6 Å². The van der Waals surface area contributed by atoms with Crippen molar-refractivity contribution in [2.45, 2.75) is 25.7 Å². The van der Waals surface area contributed by atoms with Crippen molar-refractivity contribution < 1.29 is 4.79 Å². The monoisotopic (exact) mass is 329 g/mol. The molecule has 3 rings (SSSR count). The maximum atomic E-state index is 11.9. The van der Waals surface area contributed by atoms with E-state index in [2.05, 4.69) is 21.7 Å². The lowest BCUT2D eigenvalue weighted by Gasteiger charge is -2.23. The third-order valence-corrected chi connectivity index (χ3v) is 4.36. The van der Waals surface area contributed by atoms with Crippen molar-refractivity contribution in [3.63, 3.8) is 0 Å². The van der Waals surface area contributed by atoms with Gasteiger partial charge < -0.3 is 10.6 Å². The Morgan fingerprint density at radius 2 is 2.13 bits per heavy atom. The molecule has 0 spiro atoms. The predicted octanol–water partition coefficient (Wildman–Crippen LogP) is 4.13. The van der Waals surface area contributed by atoms with Crippen LogP contribution >= 0.6 is 11.6 Å². The average molecular weight is 330 g/mol. The maximum Gasteiger partial charge on any atom is 0.228 e. The van der Waals surface area contributed by atoms with E-state index in [1.165, 1.54) is 5.56 Å². The van der Waals surface area contributed by atoms with Crippen molar-refractivity contribution in [2.75, 3.05) is 17.2 Å². The van der Waals surface area contributed by atoms with E-state index in [9.17, 15) is 4.79 Å². The molecule has 0 bridgehead atoms. The minimum Gasteiger partial charge on any atom is -0.383 e. The van der Waals surface area contributed by atoms with Crippen LogP contribution in [0.15, 0.2) is 42.6 Å². The molecule has 0 saturated heterocycles. The van der Waals surface area contributed by atoms with E-state index in [-0.39, 0.29) is 11.8 Å². The van der Waals surface area contributed by atoms with Crippen molar-refractivity contribution >= 4 is 29.0 Å². The highest BCUT2D eigenvalue weighted by Gasteiger charge is 2.25. The molecule has 1 saturated carbocycles. The molecule has 23 heavy (non-hydrogen) atoms. The fourth-order valence-corrected chi connectivity index (χ4v) is 2.73. The van der Waals surface area contributed by atoms with Gasteiger partial charge in [-0.25, -0.2) is 4.98 Å². The molecular weight excluding hydrogens is 310 g/mol. The number of carbonyl (C=O) groups is 1. The molecule has 1 heterocycles. The Morgan fingerprint density at radius 3 is 2.78 bits per heavy atom. The van der Waals surface area contributed by atoms with Gasteiger partial charge in [-0.3, -0.25) is 4.79 Å². The summed E-state index contributed by atoms with van der Waals surface area (Å²) >= 11 is 5.97. The standard InChI is InChI=1S/C18H20ClN3O/c19-15-6-1-3-13(11-15)9-10-20-16-7-8-17(21-12-16)22-18(23)14-4-2-5-14/h1,3,6-8,11-12,14,20H,2,4-5,9-10H2,(H,21,22,23). The van der Waals surface area contributed by atoms with Crippen molar-refractivity contribution in [3.05, 3.63) is 53.2 Å². The van der Waals surface area contributed by atoms with E-state index in [1.54, 1.807) is 6.20 Å². The Bertz CT molecular complexity index is 668. The number of rotatable bonds is 6. The second-order valence-electron chi connectivity index (χ2n) is 5.86. The predicted molar refractivity (Wildman–Crippen MR) is 93.9 cm³/mol. The quantitative estimate of drug-likeness (QED) is 0.838. The van der Waals surface area contributed by atoms with Crippen molar-refractivity contribution in [3.8, 4) is 0 Å². The highest BCUT2D eigenvalue weighted by atomic mass is 35.5. The van der Waals surface area contributed by atoms with Gasteiger partial charge in [0.15, 0.2) is 0 Å². The van der Waals surface area contributed by atoms with E-state index >= 15 is 0 Å². The van der Waals surface area contributed by atoms with E-state index in [0.29, 0.717) is 5.82 Å². The van der Waals surface area contributed by atoms with Gasteiger partial charge >= 0.3 is 0 Å². The molecule has 0 unspecified atom stereocenters. The lowest BCUT2D eigenvalue weighted by atomic mass is 9.85. The smallest absolute Gasteiger partial charge is 0.228 e. The van der Waals surface area contributed by atoms with E-state index in [0.717, 1.165) is 42.9 Å². The average Bonchev–Trinajstić information content (AvgIpc) is 2.47. The minimum absolute atomic E-state index is 0.0883. The van der Waals surface area contributed by atoms with E-state index in [1.807, 2.05) is 30.3 Å². The van der Waals surface area contributed by atoms with Crippen molar-refractivity contribution in [1.29, 1.82) is 0 Å². The van der Waals surface area contributed by atoms with Gasteiger partial charge in [0, 0.05) is 17.5 Å². The molecule has 0 aliphatic heterocycles. The van der Waals surface area contributed by atoms with Gasteiger partial charge in [0.05, 0.1) is 11.9 Å². The summed E-state index contributed by atoms with van der Waals surface area (Å²) in [4.78, 5) is 16.1. The Balaban J connectivity index is 1.46. The van der Waals surface area contributed by atoms with Crippen LogP contribution in [-0.2, 0) is 11.2 Å². The van der Waals surface area contributed by atoms with Crippen LogP contribution in [0.4, 0.5) is 11.5 Å². The Hall–Kier alpha value is -2.07. The Morgan fingerprint density at radius 1 is 1.26 bits per heavy atom. The number of hydrogen-bond acceptors (Lipinski definition) is 3. The maximum absolute atomic E-state index is 11.9. The molecule has 120 valence electrons. The molecule has 5 heteroatoms. The topological polar surface area (TPSA) is 54.0 Å². The number of hydrogen-bond donors (Lipinski definition) is 2. The largest absolute Gasteiger partial charge is 0.383 e. The zero-order valence-corrected chi connectivity index (χ0v) is 13.6. The Labute approximate surface area is 141 Å². The molecule has 1 aromatic heterocycles. The molecule has 0 radical (unpaired) electrons. The molecule has 2 aromatic rings. The van der Waals surface area contributed by atoms with Crippen LogP contribution in [0.3, 0.4) is 0 Å². The van der Waals surface area contributed by atoms with E-state index < -0.39 is 0 Å². The number of nitrogens with zero attached hydrogens (tertiary/aromatic N) is 1. The first-order valence-corrected chi connectivity index (χ1v) is 8.34. The number of carbonyl (C=O) groups excluding carboxylic acids is 1. The molecule has 2 N–H and O–H groups in total. The first-order valence-electron chi connectivity index (χ1n) is 7.96. The number of amides is 1. The highest BCUT2D eigenvalue weighted by molar-refractivity contribution is 6.30. The Kier molecular flexibility index (Phi) is 5.13. The fourth-order valence-electron chi connectivity index (χ4n) is 2.51. The number of anilines is 2. The van der Waals surface area contributed by atoms with Crippen LogP contribution in [0.5, 0.6) is 0 Å². The zero-order chi connectivity index (χ0) is 16.1. The summed E-state index contributed by atoms with van der Waals surface area (Å²) in [7, 11) is 0. The van der Waals surface area contributed by atoms with Gasteiger partial charge in [-0.15, -0.1) is 0 Å². The number of aromatic nitrogens is 1. The summed E-state index contributed by atoms with van der Waals surface area (Å²) in [6, 6.07) is 11.6. The van der Waals surface area contributed by atoms with Crippen LogP contribution in [0.25, 0.3) is 0 Å². The van der Waals surface area contributed by atoms with Gasteiger partial charge in [0.2, 0.25) is 5.91 Å². The summed E-state index contributed by atoms with van der Waals surface area (Å²) < 4.78 is 0. The fraction of sp³-hybridized carbons (Fsp3) is 0.333. The number of halogens is 1.